The van der Waals surface area contributed by atoms with Crippen molar-refractivity contribution in [1.82, 2.24) is 9.47 Å². The lowest BCUT2D eigenvalue weighted by Crippen LogP contribution is -2.38. The Morgan fingerprint density at radius 3 is 2.68 bits per heavy atom. The lowest BCUT2D eigenvalue weighted by Gasteiger charge is -2.37. The summed E-state index contributed by atoms with van der Waals surface area (Å²) in [6, 6.07) is 15.8. The van der Waals surface area contributed by atoms with Gasteiger partial charge in [-0.3, -0.25) is 4.90 Å². The van der Waals surface area contributed by atoms with Gasteiger partial charge in [0.2, 0.25) is 0 Å². The van der Waals surface area contributed by atoms with Crippen molar-refractivity contribution < 1.29 is 0 Å². The van der Waals surface area contributed by atoms with Crippen molar-refractivity contribution in [3.05, 3.63) is 59.9 Å². The molecule has 0 amide bonds. The quantitative estimate of drug-likeness (QED) is 0.808. The molecule has 3 rings (SSSR count). The predicted molar refractivity (Wildman–Crippen MR) is 79.2 cm³/mol. The maximum absolute atomic E-state index is 2.63. The number of hydrogen-bond acceptors (Lipinski definition) is 1. The minimum atomic E-state index is 0.427. The second kappa shape index (κ2) is 5.62. The molecule has 2 aromatic rings. The normalized spacial score (nSPS) is 19.3. The molecule has 2 heterocycles. The fraction of sp³-hybridized carbons (Fsp3) is 0.412. The van der Waals surface area contributed by atoms with Crippen LogP contribution in [0, 0.1) is 0 Å². The molecule has 1 unspecified atom stereocenters. The summed E-state index contributed by atoms with van der Waals surface area (Å²) >= 11 is 0. The van der Waals surface area contributed by atoms with Gasteiger partial charge >= 0.3 is 0 Å². The highest BCUT2D eigenvalue weighted by atomic mass is 15.2. The molecule has 0 N–H and O–H groups in total. The van der Waals surface area contributed by atoms with Crippen LogP contribution in [0.25, 0.3) is 0 Å². The Balaban J connectivity index is 1.95. The Morgan fingerprint density at radius 1 is 1.05 bits per heavy atom. The van der Waals surface area contributed by atoms with E-state index in [1.165, 1.54) is 30.6 Å². The Bertz CT molecular complexity index is 515. The third-order valence-corrected chi connectivity index (χ3v) is 4.05. The first kappa shape index (κ1) is 12.5. The SMILES string of the molecule is CCCCN1CCn2cccc2C1c1ccccc1. The summed E-state index contributed by atoms with van der Waals surface area (Å²) in [5.41, 5.74) is 2.85. The molecule has 1 aromatic heterocycles. The summed E-state index contributed by atoms with van der Waals surface area (Å²) in [6.45, 7) is 5.74. The fourth-order valence-corrected chi connectivity index (χ4v) is 3.05. The number of fused-ring (bicyclic) bond motifs is 1. The minimum Gasteiger partial charge on any atom is -0.348 e. The van der Waals surface area contributed by atoms with Crippen molar-refractivity contribution in [2.24, 2.45) is 0 Å². The summed E-state index contributed by atoms with van der Waals surface area (Å²) in [5.74, 6) is 0. The first-order chi connectivity index (χ1) is 9.40. The van der Waals surface area contributed by atoms with E-state index in [9.17, 15) is 0 Å². The van der Waals surface area contributed by atoms with E-state index in [1.54, 1.807) is 0 Å². The average molecular weight is 254 g/mol. The molecule has 1 aliphatic rings. The zero-order chi connectivity index (χ0) is 13.1. The highest BCUT2D eigenvalue weighted by molar-refractivity contribution is 5.30. The molecule has 0 spiro atoms. The zero-order valence-corrected chi connectivity index (χ0v) is 11.6. The Hall–Kier alpha value is -1.54. The topological polar surface area (TPSA) is 8.17 Å². The fourth-order valence-electron chi connectivity index (χ4n) is 3.05. The van der Waals surface area contributed by atoms with E-state index in [-0.39, 0.29) is 0 Å². The van der Waals surface area contributed by atoms with Crippen molar-refractivity contribution in [2.75, 3.05) is 13.1 Å². The summed E-state index contributed by atoms with van der Waals surface area (Å²) in [5, 5.41) is 0. The molecule has 19 heavy (non-hydrogen) atoms. The number of hydrogen-bond donors (Lipinski definition) is 0. The highest BCUT2D eigenvalue weighted by Crippen LogP contribution is 2.32. The maximum Gasteiger partial charge on any atom is 0.0756 e. The van der Waals surface area contributed by atoms with Crippen LogP contribution in [0.1, 0.15) is 37.1 Å². The molecular formula is C17H22N2. The van der Waals surface area contributed by atoms with Gasteiger partial charge in [0.25, 0.3) is 0 Å². The van der Waals surface area contributed by atoms with E-state index in [1.807, 2.05) is 0 Å². The highest BCUT2D eigenvalue weighted by Gasteiger charge is 2.27. The third-order valence-electron chi connectivity index (χ3n) is 4.05. The van der Waals surface area contributed by atoms with Gasteiger partial charge in [0.1, 0.15) is 0 Å². The van der Waals surface area contributed by atoms with Crippen LogP contribution in [0.2, 0.25) is 0 Å². The van der Waals surface area contributed by atoms with Crippen LogP contribution in [0.4, 0.5) is 0 Å². The van der Waals surface area contributed by atoms with E-state index in [0.29, 0.717) is 6.04 Å². The Kier molecular flexibility index (Phi) is 3.69. The van der Waals surface area contributed by atoms with Crippen LogP contribution in [-0.2, 0) is 6.54 Å². The van der Waals surface area contributed by atoms with Gasteiger partial charge in [0.15, 0.2) is 0 Å². The summed E-state index contributed by atoms with van der Waals surface area (Å²) in [6.07, 6.45) is 4.76. The molecule has 1 aliphatic heterocycles. The largest absolute Gasteiger partial charge is 0.348 e. The van der Waals surface area contributed by atoms with Gasteiger partial charge in [-0.05, 0) is 30.7 Å². The molecule has 2 nitrogen and oxygen atoms in total. The lowest BCUT2D eigenvalue weighted by atomic mass is 9.99. The van der Waals surface area contributed by atoms with Gasteiger partial charge in [0.05, 0.1) is 6.04 Å². The van der Waals surface area contributed by atoms with Gasteiger partial charge in [-0.25, -0.2) is 0 Å². The van der Waals surface area contributed by atoms with Crippen molar-refractivity contribution >= 4 is 0 Å². The van der Waals surface area contributed by atoms with Crippen molar-refractivity contribution in [3.8, 4) is 0 Å². The number of rotatable bonds is 4. The molecule has 2 heteroatoms. The third kappa shape index (κ3) is 2.45. The molecule has 1 atom stereocenters. The van der Waals surface area contributed by atoms with Crippen LogP contribution in [0.5, 0.6) is 0 Å². The van der Waals surface area contributed by atoms with E-state index >= 15 is 0 Å². The van der Waals surface area contributed by atoms with Crippen molar-refractivity contribution in [1.29, 1.82) is 0 Å². The van der Waals surface area contributed by atoms with Crippen molar-refractivity contribution in [3.63, 3.8) is 0 Å². The van der Waals surface area contributed by atoms with E-state index in [4.69, 9.17) is 0 Å². The van der Waals surface area contributed by atoms with Crippen LogP contribution in [0.3, 0.4) is 0 Å². The van der Waals surface area contributed by atoms with Crippen LogP contribution >= 0.6 is 0 Å². The Labute approximate surface area is 115 Å². The number of aromatic nitrogens is 1. The van der Waals surface area contributed by atoms with Crippen LogP contribution < -0.4 is 0 Å². The van der Waals surface area contributed by atoms with E-state index in [0.717, 1.165) is 13.1 Å². The summed E-state index contributed by atoms with van der Waals surface area (Å²) in [4.78, 5) is 2.63. The first-order valence-electron chi connectivity index (χ1n) is 7.34. The molecule has 0 saturated heterocycles. The van der Waals surface area contributed by atoms with Crippen LogP contribution in [-0.4, -0.2) is 22.6 Å². The number of unbranched alkanes of at least 4 members (excludes halogenated alkanes) is 1. The molecule has 0 bridgehead atoms. The zero-order valence-electron chi connectivity index (χ0n) is 11.6. The smallest absolute Gasteiger partial charge is 0.0756 e. The lowest BCUT2D eigenvalue weighted by molar-refractivity contribution is 0.180. The van der Waals surface area contributed by atoms with Gasteiger partial charge in [0, 0.05) is 25.0 Å². The maximum atomic E-state index is 2.63. The Morgan fingerprint density at radius 2 is 1.89 bits per heavy atom. The monoisotopic (exact) mass is 254 g/mol. The minimum absolute atomic E-state index is 0.427. The summed E-state index contributed by atoms with van der Waals surface area (Å²) in [7, 11) is 0. The summed E-state index contributed by atoms with van der Waals surface area (Å²) < 4.78 is 2.40. The standard InChI is InChI=1S/C17H22N2/c1-2-3-11-19-14-13-18-12-7-10-16(18)17(19)15-8-5-4-6-9-15/h4-10,12,17H,2-3,11,13-14H2,1H3. The van der Waals surface area contributed by atoms with Gasteiger partial charge in [-0.1, -0.05) is 43.7 Å². The van der Waals surface area contributed by atoms with Crippen LogP contribution in [0.15, 0.2) is 48.7 Å². The van der Waals surface area contributed by atoms with E-state index < -0.39 is 0 Å². The van der Waals surface area contributed by atoms with Crippen molar-refractivity contribution in [2.45, 2.75) is 32.4 Å². The molecule has 0 saturated carbocycles. The predicted octanol–water partition coefficient (Wildman–Crippen LogP) is 3.69. The van der Waals surface area contributed by atoms with Gasteiger partial charge in [-0.15, -0.1) is 0 Å². The van der Waals surface area contributed by atoms with E-state index in [2.05, 4.69) is 65.1 Å². The molecule has 0 fully saturated rings. The molecule has 1 aromatic carbocycles. The molecule has 100 valence electrons. The van der Waals surface area contributed by atoms with Gasteiger partial charge in [-0.2, -0.15) is 0 Å². The second-order valence-corrected chi connectivity index (χ2v) is 5.33. The molecule has 0 aliphatic carbocycles. The molecular weight excluding hydrogens is 232 g/mol. The first-order valence-corrected chi connectivity index (χ1v) is 7.34. The number of nitrogens with zero attached hydrogens (tertiary/aromatic N) is 2. The van der Waals surface area contributed by atoms with Gasteiger partial charge < -0.3 is 4.57 Å². The molecule has 0 radical (unpaired) electrons. The second-order valence-electron chi connectivity index (χ2n) is 5.33. The number of benzene rings is 1. The average Bonchev–Trinajstić information content (AvgIpc) is 2.93.